The van der Waals surface area contributed by atoms with Crippen LogP contribution in [0.15, 0.2) is 18.3 Å². The van der Waals surface area contributed by atoms with E-state index in [4.69, 9.17) is 5.10 Å². The van der Waals surface area contributed by atoms with Gasteiger partial charge in [-0.1, -0.05) is 0 Å². The van der Waals surface area contributed by atoms with Crippen LogP contribution in [0.1, 0.15) is 50.7 Å². The molecule has 2 aliphatic heterocycles. The largest absolute Gasteiger partial charge is 0.451 e. The number of rotatable bonds is 4. The average Bonchev–Trinajstić information content (AvgIpc) is 3.33. The average molecular weight is 508 g/mol. The number of sulfone groups is 1. The van der Waals surface area contributed by atoms with E-state index in [0.29, 0.717) is 41.0 Å². The SMILES string of the molecule is CC(C)n1nc(-c2ccnc(C(F)(F)F)n2)cc1[C@]12C3[C@H](N4CCC5(CC4)CS(=O)(=O)C5)C[C@@H]1[C@H]32. The number of hydrogen-bond donors (Lipinski definition) is 0. The maximum Gasteiger partial charge on any atom is 0.451 e. The molecule has 2 saturated heterocycles. The predicted octanol–water partition coefficient (Wildman–Crippen LogP) is 3.34. The van der Waals surface area contributed by atoms with Crippen LogP contribution in [-0.2, 0) is 21.4 Å². The molecule has 11 heteroatoms. The standard InChI is InChI=1S/C24H28F3N5O2S/c1-13(2)32-18(10-16(30-32)15-3-6-28-21(29-15)24(25,26)27)23-14-9-17(20(23)19(14)23)31-7-4-22(5-8-31)11-35(33,34)12-22/h3,6,10,13-14,17,19-20H,4-5,7-9,11-12H2,1-2H3/t14-,17-,19-,20?,23-/m1/s1. The van der Waals surface area contributed by atoms with Crippen molar-refractivity contribution >= 4 is 9.84 Å². The normalized spacial score (nSPS) is 36.3. The van der Waals surface area contributed by atoms with Gasteiger partial charge in [0.1, 0.15) is 5.69 Å². The fraction of sp³-hybridized carbons (Fsp3) is 0.708. The van der Waals surface area contributed by atoms with Gasteiger partial charge < -0.3 is 4.90 Å². The summed E-state index contributed by atoms with van der Waals surface area (Å²) in [7, 11) is -2.81. The molecule has 0 N–H and O–H groups in total. The minimum absolute atomic E-state index is 0.0133. The minimum atomic E-state index is -4.60. The molecule has 2 bridgehead atoms. The van der Waals surface area contributed by atoms with Crippen molar-refractivity contribution in [2.45, 2.75) is 56.8 Å². The molecule has 35 heavy (non-hydrogen) atoms. The second-order valence-electron chi connectivity index (χ2n) is 11.7. The zero-order valence-corrected chi connectivity index (χ0v) is 20.5. The number of aromatic nitrogens is 4. The third kappa shape index (κ3) is 3.00. The third-order valence-corrected chi connectivity index (χ3v) is 11.6. The predicted molar refractivity (Wildman–Crippen MR) is 121 cm³/mol. The maximum atomic E-state index is 13.2. The van der Waals surface area contributed by atoms with E-state index in [1.165, 1.54) is 6.07 Å². The number of fused-ring (bicyclic) bond motifs is 1. The smallest absolute Gasteiger partial charge is 0.300 e. The van der Waals surface area contributed by atoms with Gasteiger partial charge in [-0.15, -0.1) is 0 Å². The summed E-state index contributed by atoms with van der Waals surface area (Å²) in [6.07, 6.45) is -0.392. The lowest BCUT2D eigenvalue weighted by Gasteiger charge is -2.48. The molecule has 1 unspecified atom stereocenters. The summed E-state index contributed by atoms with van der Waals surface area (Å²) in [6, 6.07) is 4.05. The van der Waals surface area contributed by atoms with Crippen LogP contribution in [-0.4, -0.2) is 63.7 Å². The molecular formula is C24H28F3N5O2S. The van der Waals surface area contributed by atoms with Gasteiger partial charge in [0.05, 0.1) is 17.2 Å². The monoisotopic (exact) mass is 507 g/mol. The van der Waals surface area contributed by atoms with Gasteiger partial charge >= 0.3 is 6.18 Å². The lowest BCUT2D eigenvalue weighted by Crippen LogP contribution is -2.56. The van der Waals surface area contributed by atoms with Crippen LogP contribution in [0.3, 0.4) is 0 Å². The quantitative estimate of drug-likeness (QED) is 0.632. The Hall–Kier alpha value is -2.01. The summed E-state index contributed by atoms with van der Waals surface area (Å²) in [5.74, 6) is 1.36. The Morgan fingerprint density at radius 1 is 1.11 bits per heavy atom. The highest BCUT2D eigenvalue weighted by atomic mass is 32.2. The molecule has 8 rings (SSSR count). The summed E-state index contributed by atoms with van der Waals surface area (Å²) in [6.45, 7) is 6.02. The van der Waals surface area contributed by atoms with Gasteiger partial charge in [-0.3, -0.25) is 4.68 Å². The van der Waals surface area contributed by atoms with Crippen molar-refractivity contribution in [1.29, 1.82) is 0 Å². The number of likely N-dealkylation sites (tertiary alicyclic amines) is 1. The molecule has 4 heterocycles. The first-order valence-corrected chi connectivity index (χ1v) is 14.2. The molecule has 2 aromatic rings. The molecule has 4 saturated carbocycles. The molecule has 4 aliphatic carbocycles. The minimum Gasteiger partial charge on any atom is -0.300 e. The number of halogens is 3. The Kier molecular flexibility index (Phi) is 4.22. The Balaban J connectivity index is 1.13. The molecule has 5 atom stereocenters. The lowest BCUT2D eigenvalue weighted by atomic mass is 9.80. The van der Waals surface area contributed by atoms with Crippen LogP contribution in [0, 0.1) is 23.2 Å². The number of hydrogen-bond acceptors (Lipinski definition) is 6. The van der Waals surface area contributed by atoms with Gasteiger partial charge in [0, 0.05) is 34.8 Å². The summed E-state index contributed by atoms with van der Waals surface area (Å²) >= 11 is 0. The van der Waals surface area contributed by atoms with Gasteiger partial charge in [-0.05, 0) is 76.1 Å². The van der Waals surface area contributed by atoms with Crippen LogP contribution < -0.4 is 0 Å². The molecule has 6 aliphatic rings. The van der Waals surface area contributed by atoms with Crippen molar-refractivity contribution in [3.05, 3.63) is 29.8 Å². The van der Waals surface area contributed by atoms with Gasteiger partial charge in [0.25, 0.3) is 0 Å². The van der Waals surface area contributed by atoms with Crippen molar-refractivity contribution in [3.8, 4) is 11.4 Å². The van der Waals surface area contributed by atoms with Crippen LogP contribution in [0.4, 0.5) is 13.2 Å². The van der Waals surface area contributed by atoms with E-state index in [2.05, 4.69) is 14.9 Å². The first-order valence-electron chi connectivity index (χ1n) is 12.4. The number of piperidine rings is 1. The highest BCUT2D eigenvalue weighted by Gasteiger charge is 2.93. The first kappa shape index (κ1) is 22.2. The fourth-order valence-corrected chi connectivity index (χ4v) is 10.3. The molecule has 7 nitrogen and oxygen atoms in total. The van der Waals surface area contributed by atoms with E-state index in [9.17, 15) is 21.6 Å². The number of nitrogens with zero attached hydrogens (tertiary/aromatic N) is 5. The van der Waals surface area contributed by atoms with E-state index in [-0.39, 0.29) is 22.6 Å². The molecule has 188 valence electrons. The van der Waals surface area contributed by atoms with Crippen LogP contribution in [0.5, 0.6) is 0 Å². The zero-order valence-electron chi connectivity index (χ0n) is 19.7. The lowest BCUT2D eigenvalue weighted by molar-refractivity contribution is -0.144. The Bertz CT molecular complexity index is 1310. The van der Waals surface area contributed by atoms with Gasteiger partial charge in [-0.2, -0.15) is 18.3 Å². The molecule has 2 aromatic heterocycles. The molecule has 0 amide bonds. The van der Waals surface area contributed by atoms with Crippen molar-refractivity contribution in [3.63, 3.8) is 0 Å². The van der Waals surface area contributed by atoms with Gasteiger partial charge in [0.15, 0.2) is 9.84 Å². The van der Waals surface area contributed by atoms with Crippen LogP contribution in [0.2, 0.25) is 0 Å². The second-order valence-corrected chi connectivity index (χ2v) is 13.7. The molecule has 0 aromatic carbocycles. The van der Waals surface area contributed by atoms with E-state index >= 15 is 0 Å². The third-order valence-electron chi connectivity index (χ3n) is 9.45. The molecule has 6 fully saturated rings. The van der Waals surface area contributed by atoms with Crippen molar-refractivity contribution in [1.82, 2.24) is 24.6 Å². The summed E-state index contributed by atoms with van der Waals surface area (Å²) in [5, 5.41) is 4.71. The van der Waals surface area contributed by atoms with E-state index in [1.807, 2.05) is 24.6 Å². The highest BCUT2D eigenvalue weighted by molar-refractivity contribution is 7.92. The van der Waals surface area contributed by atoms with E-state index in [1.54, 1.807) is 0 Å². The van der Waals surface area contributed by atoms with Crippen LogP contribution in [0.25, 0.3) is 11.4 Å². The van der Waals surface area contributed by atoms with Gasteiger partial charge in [-0.25, -0.2) is 18.4 Å². The molecule has 1 spiro atoms. The fourth-order valence-electron chi connectivity index (χ4n) is 7.95. The topological polar surface area (TPSA) is 81.0 Å². The van der Waals surface area contributed by atoms with Crippen molar-refractivity contribution in [2.24, 2.45) is 23.2 Å². The highest BCUT2D eigenvalue weighted by Crippen LogP contribution is 2.91. The maximum absolute atomic E-state index is 13.2. The zero-order chi connectivity index (χ0) is 24.5. The Morgan fingerprint density at radius 3 is 2.43 bits per heavy atom. The summed E-state index contributed by atoms with van der Waals surface area (Å²) in [5.41, 5.74) is 1.91. The molecular weight excluding hydrogens is 479 g/mol. The van der Waals surface area contributed by atoms with Crippen molar-refractivity contribution < 1.29 is 21.6 Å². The summed E-state index contributed by atoms with van der Waals surface area (Å²) < 4.78 is 64.9. The van der Waals surface area contributed by atoms with Crippen molar-refractivity contribution in [2.75, 3.05) is 24.6 Å². The van der Waals surface area contributed by atoms with Crippen LogP contribution >= 0.6 is 0 Å². The Labute approximate surface area is 202 Å². The van der Waals surface area contributed by atoms with E-state index in [0.717, 1.165) is 44.2 Å². The Morgan fingerprint density at radius 2 is 1.83 bits per heavy atom. The van der Waals surface area contributed by atoms with Gasteiger partial charge in [0.2, 0.25) is 5.82 Å². The second kappa shape index (κ2) is 6.65. The first-order chi connectivity index (χ1) is 16.5. The summed E-state index contributed by atoms with van der Waals surface area (Å²) in [4.78, 5) is 9.73. The molecule has 0 radical (unpaired) electrons. The number of alkyl halides is 3. The van der Waals surface area contributed by atoms with E-state index < -0.39 is 21.8 Å².